The van der Waals surface area contributed by atoms with Crippen LogP contribution in [-0.2, 0) is 4.79 Å². The van der Waals surface area contributed by atoms with Crippen LogP contribution in [0, 0.1) is 17.0 Å². The largest absolute Gasteiger partial charge is 0.464 e. The van der Waals surface area contributed by atoms with Crippen molar-refractivity contribution >= 4 is 17.7 Å². The van der Waals surface area contributed by atoms with Gasteiger partial charge < -0.3 is 14.8 Å². The number of carbonyl (C=O) groups is 1. The molecule has 0 aliphatic carbocycles. The zero-order valence-corrected chi connectivity index (χ0v) is 12.4. The summed E-state index contributed by atoms with van der Waals surface area (Å²) < 4.78 is 5.26. The van der Waals surface area contributed by atoms with Gasteiger partial charge in [-0.05, 0) is 42.8 Å². The van der Waals surface area contributed by atoms with Gasteiger partial charge in [-0.2, -0.15) is 0 Å². The number of nitro groups is 1. The first-order valence-corrected chi connectivity index (χ1v) is 6.90. The van der Waals surface area contributed by atoms with Crippen molar-refractivity contribution in [3.63, 3.8) is 0 Å². The Balaban J connectivity index is 1.85. The van der Waals surface area contributed by atoms with Crippen molar-refractivity contribution in [1.82, 2.24) is 5.32 Å². The van der Waals surface area contributed by atoms with E-state index >= 15 is 0 Å². The van der Waals surface area contributed by atoms with Crippen molar-refractivity contribution in [3.05, 3.63) is 69.7 Å². The maximum absolute atomic E-state index is 11.7. The molecule has 1 unspecified atom stereocenters. The molecule has 1 amide bonds. The molecule has 120 valence electrons. The molecule has 0 aliphatic heterocycles. The average molecular weight is 316 g/mol. The van der Waals surface area contributed by atoms with E-state index in [0.717, 1.165) is 0 Å². The van der Waals surface area contributed by atoms with Gasteiger partial charge >= 0.3 is 0 Å². The molecule has 2 N–H and O–H groups in total. The van der Waals surface area contributed by atoms with Crippen molar-refractivity contribution in [2.75, 3.05) is 6.54 Å². The summed E-state index contributed by atoms with van der Waals surface area (Å²) in [6.07, 6.45) is 1.91. The SMILES string of the molecule is Cc1ccc(C(O)CNC(=O)/C=C/c2ccc([N+](=O)[O-])cc2)o1. The summed E-state index contributed by atoms with van der Waals surface area (Å²) in [4.78, 5) is 21.7. The molecule has 0 bridgehead atoms. The fourth-order valence-electron chi connectivity index (χ4n) is 1.87. The van der Waals surface area contributed by atoms with Gasteiger partial charge in [-0.3, -0.25) is 14.9 Å². The van der Waals surface area contributed by atoms with Gasteiger partial charge in [-0.25, -0.2) is 0 Å². The van der Waals surface area contributed by atoms with Gasteiger partial charge in [0.05, 0.1) is 11.5 Å². The molecule has 0 radical (unpaired) electrons. The lowest BCUT2D eigenvalue weighted by atomic mass is 10.2. The molecule has 0 aliphatic rings. The van der Waals surface area contributed by atoms with E-state index in [9.17, 15) is 20.0 Å². The van der Waals surface area contributed by atoms with E-state index in [4.69, 9.17) is 4.42 Å². The molecule has 7 heteroatoms. The number of carbonyl (C=O) groups excluding carboxylic acids is 1. The third-order valence-corrected chi connectivity index (χ3v) is 3.09. The van der Waals surface area contributed by atoms with Crippen LogP contribution in [0.2, 0.25) is 0 Å². The molecule has 1 heterocycles. The maximum Gasteiger partial charge on any atom is 0.269 e. The quantitative estimate of drug-likeness (QED) is 0.483. The number of hydrogen-bond acceptors (Lipinski definition) is 5. The number of amides is 1. The highest BCUT2D eigenvalue weighted by Gasteiger charge is 2.12. The minimum Gasteiger partial charge on any atom is -0.464 e. The molecule has 7 nitrogen and oxygen atoms in total. The second-order valence-electron chi connectivity index (χ2n) is 4.89. The van der Waals surface area contributed by atoms with E-state index in [0.29, 0.717) is 17.1 Å². The van der Waals surface area contributed by atoms with Crippen LogP contribution < -0.4 is 5.32 Å². The van der Waals surface area contributed by atoms with E-state index < -0.39 is 11.0 Å². The highest BCUT2D eigenvalue weighted by Crippen LogP contribution is 2.15. The van der Waals surface area contributed by atoms with Crippen LogP contribution in [0.5, 0.6) is 0 Å². The molecule has 0 fully saturated rings. The van der Waals surface area contributed by atoms with Crippen molar-refractivity contribution in [2.45, 2.75) is 13.0 Å². The number of nitro benzene ring substituents is 1. The molecule has 2 rings (SSSR count). The van der Waals surface area contributed by atoms with Crippen LogP contribution in [-0.4, -0.2) is 22.5 Å². The van der Waals surface area contributed by atoms with E-state index in [1.54, 1.807) is 31.2 Å². The number of nitrogens with one attached hydrogen (secondary N) is 1. The fourth-order valence-corrected chi connectivity index (χ4v) is 1.87. The molecular formula is C16H16N2O5. The van der Waals surface area contributed by atoms with Gasteiger partial charge in [0.15, 0.2) is 0 Å². The lowest BCUT2D eigenvalue weighted by molar-refractivity contribution is -0.384. The third-order valence-electron chi connectivity index (χ3n) is 3.09. The molecule has 0 saturated heterocycles. The number of aliphatic hydroxyl groups excluding tert-OH is 1. The summed E-state index contributed by atoms with van der Waals surface area (Å²) in [7, 11) is 0. The Hall–Kier alpha value is -2.93. The Bertz CT molecular complexity index is 718. The number of furan rings is 1. The predicted octanol–water partition coefficient (Wildman–Crippen LogP) is 2.36. The van der Waals surface area contributed by atoms with Gasteiger partial charge in [0.2, 0.25) is 5.91 Å². The van der Waals surface area contributed by atoms with Crippen molar-refractivity contribution < 1.29 is 19.2 Å². The number of aryl methyl sites for hydroxylation is 1. The van der Waals surface area contributed by atoms with Crippen molar-refractivity contribution in [1.29, 1.82) is 0 Å². The summed E-state index contributed by atoms with van der Waals surface area (Å²) in [6, 6.07) is 9.19. The van der Waals surface area contributed by atoms with Crippen LogP contribution in [0.3, 0.4) is 0 Å². The Labute approximate surface area is 132 Å². The first kappa shape index (κ1) is 16.4. The van der Waals surface area contributed by atoms with E-state index in [2.05, 4.69) is 5.32 Å². The molecule has 0 saturated carbocycles. The van der Waals surface area contributed by atoms with Crippen LogP contribution >= 0.6 is 0 Å². The van der Waals surface area contributed by atoms with Crippen LogP contribution in [0.25, 0.3) is 6.08 Å². The Morgan fingerprint density at radius 2 is 2.04 bits per heavy atom. The Morgan fingerprint density at radius 1 is 1.35 bits per heavy atom. The van der Waals surface area contributed by atoms with Gasteiger partial charge in [0.1, 0.15) is 17.6 Å². The van der Waals surface area contributed by atoms with E-state index in [1.807, 2.05) is 0 Å². The number of hydrogen-bond donors (Lipinski definition) is 2. The molecule has 1 atom stereocenters. The standard InChI is InChI=1S/C16H16N2O5/c1-11-2-8-15(23-11)14(19)10-17-16(20)9-5-12-3-6-13(7-4-12)18(21)22/h2-9,14,19H,10H2,1H3,(H,17,20)/b9-5+. The molecule has 1 aromatic carbocycles. The topological polar surface area (TPSA) is 106 Å². The fraction of sp³-hybridized carbons (Fsp3) is 0.188. The summed E-state index contributed by atoms with van der Waals surface area (Å²) >= 11 is 0. The Morgan fingerprint density at radius 3 is 2.61 bits per heavy atom. The summed E-state index contributed by atoms with van der Waals surface area (Å²) in [5.74, 6) is 0.691. The van der Waals surface area contributed by atoms with E-state index in [-0.39, 0.29) is 18.1 Å². The second kappa shape index (κ2) is 7.37. The predicted molar refractivity (Wildman–Crippen MR) is 83.5 cm³/mol. The maximum atomic E-state index is 11.7. The lowest BCUT2D eigenvalue weighted by Gasteiger charge is -2.07. The molecule has 2 aromatic rings. The van der Waals surface area contributed by atoms with Gasteiger partial charge in [0.25, 0.3) is 5.69 Å². The first-order valence-electron chi connectivity index (χ1n) is 6.90. The number of rotatable bonds is 6. The normalized spacial score (nSPS) is 12.3. The highest BCUT2D eigenvalue weighted by atomic mass is 16.6. The van der Waals surface area contributed by atoms with Gasteiger partial charge in [-0.1, -0.05) is 0 Å². The molecule has 23 heavy (non-hydrogen) atoms. The summed E-state index contributed by atoms with van der Waals surface area (Å²) in [6.45, 7) is 1.79. The summed E-state index contributed by atoms with van der Waals surface area (Å²) in [5.41, 5.74) is 0.649. The van der Waals surface area contributed by atoms with Crippen LogP contribution in [0.1, 0.15) is 23.2 Å². The lowest BCUT2D eigenvalue weighted by Crippen LogP contribution is -2.26. The third kappa shape index (κ3) is 4.79. The van der Waals surface area contributed by atoms with Gasteiger partial charge in [0, 0.05) is 18.2 Å². The average Bonchev–Trinajstić information content (AvgIpc) is 2.97. The first-order chi connectivity index (χ1) is 11.0. The smallest absolute Gasteiger partial charge is 0.269 e. The molecular weight excluding hydrogens is 300 g/mol. The number of aliphatic hydroxyl groups is 1. The number of nitrogens with zero attached hydrogens (tertiary/aromatic N) is 1. The van der Waals surface area contributed by atoms with Crippen molar-refractivity contribution in [2.24, 2.45) is 0 Å². The van der Waals surface area contributed by atoms with Gasteiger partial charge in [-0.15, -0.1) is 0 Å². The zero-order valence-electron chi connectivity index (χ0n) is 12.4. The number of non-ortho nitro benzene ring substituents is 1. The molecule has 0 spiro atoms. The highest BCUT2D eigenvalue weighted by molar-refractivity contribution is 5.91. The second-order valence-corrected chi connectivity index (χ2v) is 4.89. The zero-order chi connectivity index (χ0) is 16.8. The molecule has 1 aromatic heterocycles. The minimum atomic E-state index is -0.916. The van der Waals surface area contributed by atoms with E-state index in [1.165, 1.54) is 24.3 Å². The number of benzene rings is 1. The van der Waals surface area contributed by atoms with Crippen molar-refractivity contribution in [3.8, 4) is 0 Å². The monoisotopic (exact) mass is 316 g/mol. The minimum absolute atomic E-state index is 0.0107. The van der Waals surface area contributed by atoms with Crippen LogP contribution in [0.15, 0.2) is 46.9 Å². The Kier molecular flexibility index (Phi) is 5.27. The summed E-state index contributed by atoms with van der Waals surface area (Å²) in [5, 5.41) is 22.9. The van der Waals surface area contributed by atoms with Crippen LogP contribution in [0.4, 0.5) is 5.69 Å².